The van der Waals surface area contributed by atoms with Crippen molar-refractivity contribution < 1.29 is 4.79 Å². The molecule has 0 aliphatic carbocycles. The van der Waals surface area contributed by atoms with Gasteiger partial charge in [0, 0.05) is 12.2 Å². The Bertz CT molecular complexity index is 601. The summed E-state index contributed by atoms with van der Waals surface area (Å²) in [5.41, 5.74) is 0.802. The molecule has 0 spiro atoms. The maximum atomic E-state index is 12.1. The smallest absolute Gasteiger partial charge is 0.237 e. The van der Waals surface area contributed by atoms with E-state index in [0.29, 0.717) is 5.92 Å². The van der Waals surface area contributed by atoms with Crippen LogP contribution < -0.4 is 10.6 Å². The molecule has 1 heterocycles. The van der Waals surface area contributed by atoms with Gasteiger partial charge in [-0.25, -0.2) is 0 Å². The van der Waals surface area contributed by atoms with Crippen LogP contribution in [0.2, 0.25) is 0 Å². The van der Waals surface area contributed by atoms with Crippen molar-refractivity contribution in [2.75, 3.05) is 17.2 Å². The number of hydrogen-bond acceptors (Lipinski definition) is 6. The highest BCUT2D eigenvalue weighted by atomic mass is 32.2. The third kappa shape index (κ3) is 5.31. The van der Waals surface area contributed by atoms with Gasteiger partial charge in [0.25, 0.3) is 0 Å². The molecular weight excluding hydrogens is 316 g/mol. The largest absolute Gasteiger partial charge is 0.360 e. The number of nitrogens with one attached hydrogen (secondary N) is 2. The van der Waals surface area contributed by atoms with Crippen LogP contribution in [0.5, 0.6) is 0 Å². The van der Waals surface area contributed by atoms with Gasteiger partial charge in [-0.15, -0.1) is 10.2 Å². The Labute approximate surface area is 138 Å². The van der Waals surface area contributed by atoms with E-state index in [1.54, 1.807) is 0 Å². The lowest BCUT2D eigenvalue weighted by atomic mass is 10.2. The van der Waals surface area contributed by atoms with Crippen molar-refractivity contribution in [3.63, 3.8) is 0 Å². The van der Waals surface area contributed by atoms with Gasteiger partial charge in [-0.3, -0.25) is 4.79 Å². The lowest BCUT2D eigenvalue weighted by molar-refractivity contribution is -0.115. The second-order valence-corrected chi connectivity index (χ2v) is 7.83. The summed E-state index contributed by atoms with van der Waals surface area (Å²) < 4.78 is 0.793. The average molecular weight is 336 g/mol. The molecule has 0 aliphatic heterocycles. The van der Waals surface area contributed by atoms with Crippen LogP contribution in [0.25, 0.3) is 0 Å². The zero-order chi connectivity index (χ0) is 15.9. The summed E-state index contributed by atoms with van der Waals surface area (Å²) in [6.45, 7) is 7.01. The van der Waals surface area contributed by atoms with E-state index < -0.39 is 0 Å². The van der Waals surface area contributed by atoms with Crippen LogP contribution in [0.15, 0.2) is 34.7 Å². The molecule has 1 atom stereocenters. The molecule has 0 saturated carbocycles. The Balaban J connectivity index is 1.86. The van der Waals surface area contributed by atoms with E-state index in [1.807, 2.05) is 37.3 Å². The van der Waals surface area contributed by atoms with E-state index >= 15 is 0 Å². The van der Waals surface area contributed by atoms with Crippen LogP contribution in [-0.4, -0.2) is 27.9 Å². The topological polar surface area (TPSA) is 66.9 Å². The van der Waals surface area contributed by atoms with E-state index in [9.17, 15) is 4.79 Å². The van der Waals surface area contributed by atoms with Crippen molar-refractivity contribution in [3.8, 4) is 0 Å². The summed E-state index contributed by atoms with van der Waals surface area (Å²) in [4.78, 5) is 12.1. The summed E-state index contributed by atoms with van der Waals surface area (Å²) in [6.07, 6.45) is 0. The Kier molecular flexibility index (Phi) is 6.21. The standard InChI is InChI=1S/C15H20N4OS2/c1-10(2)9-16-14-18-19-15(22-14)21-11(3)13(20)17-12-7-5-4-6-8-12/h4-8,10-11H,9H2,1-3H3,(H,16,18)(H,17,20)/t11-/m1/s1. The second-order valence-electron chi connectivity index (χ2n) is 5.26. The predicted molar refractivity (Wildman–Crippen MR) is 93.6 cm³/mol. The van der Waals surface area contributed by atoms with Gasteiger partial charge in [-0.05, 0) is 25.0 Å². The van der Waals surface area contributed by atoms with E-state index in [4.69, 9.17) is 0 Å². The number of carbonyl (C=O) groups is 1. The van der Waals surface area contributed by atoms with Gasteiger partial charge in [0.05, 0.1) is 5.25 Å². The predicted octanol–water partition coefficient (Wildman–Crippen LogP) is 3.73. The van der Waals surface area contributed by atoms with Crippen LogP contribution in [0, 0.1) is 5.92 Å². The van der Waals surface area contributed by atoms with Crippen LogP contribution in [0.3, 0.4) is 0 Å². The van der Waals surface area contributed by atoms with Crippen LogP contribution in [0.1, 0.15) is 20.8 Å². The molecule has 1 aromatic heterocycles. The number of para-hydroxylation sites is 1. The van der Waals surface area contributed by atoms with Gasteiger partial charge in [0.1, 0.15) is 0 Å². The first-order chi connectivity index (χ1) is 10.5. The van der Waals surface area contributed by atoms with Gasteiger partial charge in [-0.2, -0.15) is 0 Å². The number of anilines is 2. The number of thioether (sulfide) groups is 1. The van der Waals surface area contributed by atoms with Gasteiger partial charge < -0.3 is 10.6 Å². The minimum atomic E-state index is -0.230. The molecule has 5 nitrogen and oxygen atoms in total. The van der Waals surface area contributed by atoms with Crippen molar-refractivity contribution >= 4 is 39.8 Å². The highest BCUT2D eigenvalue weighted by Crippen LogP contribution is 2.29. The maximum Gasteiger partial charge on any atom is 0.237 e. The molecule has 0 radical (unpaired) electrons. The molecule has 0 saturated heterocycles. The van der Waals surface area contributed by atoms with Crippen LogP contribution in [-0.2, 0) is 4.79 Å². The molecule has 1 aromatic carbocycles. The van der Waals surface area contributed by atoms with E-state index in [2.05, 4.69) is 34.7 Å². The van der Waals surface area contributed by atoms with E-state index in [-0.39, 0.29) is 11.2 Å². The average Bonchev–Trinajstić information content (AvgIpc) is 2.93. The molecular formula is C15H20N4OS2. The third-order valence-corrected chi connectivity index (χ3v) is 4.82. The zero-order valence-electron chi connectivity index (χ0n) is 12.9. The summed E-state index contributed by atoms with van der Waals surface area (Å²) >= 11 is 2.90. The fraction of sp³-hybridized carbons (Fsp3) is 0.400. The molecule has 22 heavy (non-hydrogen) atoms. The minimum absolute atomic E-state index is 0.0388. The fourth-order valence-corrected chi connectivity index (χ4v) is 3.49. The summed E-state index contributed by atoms with van der Waals surface area (Å²) in [7, 11) is 0. The fourth-order valence-electron chi connectivity index (χ4n) is 1.59. The van der Waals surface area contributed by atoms with Gasteiger partial charge >= 0.3 is 0 Å². The molecule has 2 rings (SSSR count). The first-order valence-electron chi connectivity index (χ1n) is 7.14. The molecule has 0 unspecified atom stereocenters. The van der Waals surface area contributed by atoms with Crippen molar-refractivity contribution in [3.05, 3.63) is 30.3 Å². The van der Waals surface area contributed by atoms with Gasteiger partial charge in [-0.1, -0.05) is 55.1 Å². The van der Waals surface area contributed by atoms with E-state index in [0.717, 1.165) is 21.7 Å². The van der Waals surface area contributed by atoms with Crippen molar-refractivity contribution in [1.29, 1.82) is 0 Å². The van der Waals surface area contributed by atoms with Crippen molar-refractivity contribution in [2.24, 2.45) is 5.92 Å². The highest BCUT2D eigenvalue weighted by Gasteiger charge is 2.17. The van der Waals surface area contributed by atoms with Crippen LogP contribution >= 0.6 is 23.1 Å². The van der Waals surface area contributed by atoms with Gasteiger partial charge in [0.15, 0.2) is 4.34 Å². The number of nitrogens with zero attached hydrogens (tertiary/aromatic N) is 2. The Morgan fingerprint density at radius 3 is 2.64 bits per heavy atom. The molecule has 1 amide bonds. The first-order valence-corrected chi connectivity index (χ1v) is 8.84. The molecule has 0 bridgehead atoms. The molecule has 0 aliphatic rings. The number of aromatic nitrogens is 2. The number of hydrogen-bond donors (Lipinski definition) is 2. The Morgan fingerprint density at radius 2 is 1.95 bits per heavy atom. The highest BCUT2D eigenvalue weighted by molar-refractivity contribution is 8.02. The number of rotatable bonds is 7. The second kappa shape index (κ2) is 8.14. The molecule has 0 fully saturated rings. The normalized spacial score (nSPS) is 12.2. The Hall–Kier alpha value is -1.60. The maximum absolute atomic E-state index is 12.1. The lowest BCUT2D eigenvalue weighted by Crippen LogP contribution is -2.22. The monoisotopic (exact) mass is 336 g/mol. The molecule has 2 N–H and O–H groups in total. The first kappa shape index (κ1) is 16.8. The molecule has 2 aromatic rings. The number of benzene rings is 1. The number of amides is 1. The van der Waals surface area contributed by atoms with E-state index in [1.165, 1.54) is 23.1 Å². The summed E-state index contributed by atoms with van der Waals surface area (Å²) in [5.74, 6) is 0.513. The van der Waals surface area contributed by atoms with Crippen LogP contribution in [0.4, 0.5) is 10.8 Å². The number of carbonyl (C=O) groups excluding carboxylic acids is 1. The summed E-state index contributed by atoms with van der Waals surface area (Å²) in [6, 6.07) is 9.44. The third-order valence-electron chi connectivity index (χ3n) is 2.76. The quantitative estimate of drug-likeness (QED) is 0.754. The van der Waals surface area contributed by atoms with Gasteiger partial charge in [0.2, 0.25) is 11.0 Å². The molecule has 118 valence electrons. The SMILES string of the molecule is CC(C)CNc1nnc(S[C@H](C)C(=O)Nc2ccccc2)s1. The molecule has 7 heteroatoms. The summed E-state index contributed by atoms with van der Waals surface area (Å²) in [5, 5.41) is 14.9. The zero-order valence-corrected chi connectivity index (χ0v) is 14.5. The minimum Gasteiger partial charge on any atom is -0.360 e. The Morgan fingerprint density at radius 1 is 1.23 bits per heavy atom. The van der Waals surface area contributed by atoms with Crippen molar-refractivity contribution in [1.82, 2.24) is 10.2 Å². The lowest BCUT2D eigenvalue weighted by Gasteiger charge is -2.09. The van der Waals surface area contributed by atoms with Crippen molar-refractivity contribution in [2.45, 2.75) is 30.4 Å².